The number of halogens is 1. The van der Waals surface area contributed by atoms with Crippen molar-refractivity contribution in [2.45, 2.75) is 0 Å². The molecule has 6 heteroatoms. The van der Waals surface area contributed by atoms with Gasteiger partial charge in [0, 0.05) is 10.0 Å². The van der Waals surface area contributed by atoms with Gasteiger partial charge in [0.25, 0.3) is 0 Å². The summed E-state index contributed by atoms with van der Waals surface area (Å²) in [7, 11) is 3.05. The van der Waals surface area contributed by atoms with Gasteiger partial charge in [0.1, 0.15) is 5.75 Å². The van der Waals surface area contributed by atoms with Crippen LogP contribution in [0.4, 0.5) is 0 Å². The third-order valence-corrected chi connectivity index (χ3v) is 4.77. The highest BCUT2D eigenvalue weighted by Crippen LogP contribution is 2.32. The first-order valence-corrected chi connectivity index (χ1v) is 9.76. The molecule has 0 aliphatic heterocycles. The number of allylic oxidation sites excluding steroid dienone is 1. The molecule has 30 heavy (non-hydrogen) atoms. The molecule has 3 aromatic carbocycles. The van der Waals surface area contributed by atoms with Gasteiger partial charge < -0.3 is 14.2 Å². The maximum absolute atomic E-state index is 12.4. The van der Waals surface area contributed by atoms with Crippen LogP contribution in [0.15, 0.2) is 71.2 Å². The molecular formula is C24H18BrNO4. The largest absolute Gasteiger partial charge is 0.496 e. The molecule has 0 radical (unpaired) electrons. The van der Waals surface area contributed by atoms with E-state index >= 15 is 0 Å². The van der Waals surface area contributed by atoms with Crippen molar-refractivity contribution in [1.29, 1.82) is 5.26 Å². The zero-order chi connectivity index (χ0) is 21.5. The molecule has 0 heterocycles. The van der Waals surface area contributed by atoms with Gasteiger partial charge in [0.15, 0.2) is 11.5 Å². The van der Waals surface area contributed by atoms with Gasteiger partial charge in [0.2, 0.25) is 0 Å². The normalized spacial score (nSPS) is 10.8. The highest BCUT2D eigenvalue weighted by atomic mass is 79.9. The van der Waals surface area contributed by atoms with Gasteiger partial charge in [-0.1, -0.05) is 40.2 Å². The fraction of sp³-hybridized carbons (Fsp3) is 0.0833. The molecule has 3 aromatic rings. The number of carbonyl (C=O) groups excluding carboxylic acids is 1. The molecule has 0 aliphatic rings. The van der Waals surface area contributed by atoms with Crippen LogP contribution in [0.25, 0.3) is 11.6 Å². The second-order valence-corrected chi connectivity index (χ2v) is 7.10. The topological polar surface area (TPSA) is 68.6 Å². The Morgan fingerprint density at radius 1 is 0.933 bits per heavy atom. The average Bonchev–Trinajstić information content (AvgIpc) is 2.78. The molecule has 0 aliphatic carbocycles. The number of methoxy groups -OCH3 is 2. The lowest BCUT2D eigenvalue weighted by atomic mass is 10.0. The van der Waals surface area contributed by atoms with E-state index in [1.807, 2.05) is 24.3 Å². The lowest BCUT2D eigenvalue weighted by Crippen LogP contribution is -2.09. The number of esters is 1. The number of rotatable bonds is 6. The molecule has 0 atom stereocenters. The smallest absolute Gasteiger partial charge is 0.343 e. The van der Waals surface area contributed by atoms with Gasteiger partial charge in [-0.3, -0.25) is 0 Å². The second-order valence-electron chi connectivity index (χ2n) is 6.18. The third-order valence-electron chi connectivity index (χ3n) is 4.28. The zero-order valence-electron chi connectivity index (χ0n) is 16.4. The average molecular weight is 464 g/mol. The van der Waals surface area contributed by atoms with E-state index in [0.29, 0.717) is 28.2 Å². The molecule has 0 bridgehead atoms. The molecule has 0 unspecified atom stereocenters. The van der Waals surface area contributed by atoms with Crippen molar-refractivity contribution in [3.63, 3.8) is 0 Å². The van der Waals surface area contributed by atoms with E-state index in [9.17, 15) is 10.1 Å². The van der Waals surface area contributed by atoms with E-state index in [1.165, 1.54) is 7.11 Å². The Kier molecular flexibility index (Phi) is 6.89. The maximum atomic E-state index is 12.4. The van der Waals surface area contributed by atoms with E-state index in [-0.39, 0.29) is 5.75 Å². The fourth-order valence-corrected chi connectivity index (χ4v) is 3.24. The Morgan fingerprint density at radius 2 is 1.70 bits per heavy atom. The molecule has 5 nitrogen and oxygen atoms in total. The summed E-state index contributed by atoms with van der Waals surface area (Å²) in [5, 5.41) is 9.63. The summed E-state index contributed by atoms with van der Waals surface area (Å²) in [6.45, 7) is 0. The minimum Gasteiger partial charge on any atom is -0.496 e. The molecular weight excluding hydrogens is 446 g/mol. The van der Waals surface area contributed by atoms with E-state index in [4.69, 9.17) is 14.2 Å². The number of para-hydroxylation sites is 1. The summed E-state index contributed by atoms with van der Waals surface area (Å²) in [5.74, 6) is 0.779. The van der Waals surface area contributed by atoms with Crippen molar-refractivity contribution < 1.29 is 19.0 Å². The summed E-state index contributed by atoms with van der Waals surface area (Å²) in [4.78, 5) is 12.4. The highest BCUT2D eigenvalue weighted by Gasteiger charge is 2.14. The van der Waals surface area contributed by atoms with Crippen molar-refractivity contribution in [3.05, 3.63) is 87.9 Å². The Morgan fingerprint density at radius 3 is 2.40 bits per heavy atom. The van der Waals surface area contributed by atoms with Crippen LogP contribution in [0.5, 0.6) is 17.2 Å². The van der Waals surface area contributed by atoms with Crippen LogP contribution in [0, 0.1) is 11.3 Å². The van der Waals surface area contributed by atoms with Crippen molar-refractivity contribution in [1.82, 2.24) is 0 Å². The maximum Gasteiger partial charge on any atom is 0.343 e. The standard InChI is InChI=1S/C24H18BrNO4/c1-28-21-9-4-3-8-20(21)18(15-26)12-16-10-11-22(23(13-16)29-2)30-24(27)17-6-5-7-19(25)14-17/h3-14H,1-2H3/b18-12-. The Bertz CT molecular complexity index is 1150. The quantitative estimate of drug-likeness (QED) is 0.201. The van der Waals surface area contributed by atoms with Crippen LogP contribution >= 0.6 is 15.9 Å². The Balaban J connectivity index is 1.91. The van der Waals surface area contributed by atoms with Gasteiger partial charge in [-0.05, 0) is 54.1 Å². The number of nitrogens with zero attached hydrogens (tertiary/aromatic N) is 1. The first kappa shape index (κ1) is 21.2. The summed E-state index contributed by atoms with van der Waals surface area (Å²) < 4.78 is 17.0. The summed E-state index contributed by atoms with van der Waals surface area (Å²) in [6.07, 6.45) is 1.72. The zero-order valence-corrected chi connectivity index (χ0v) is 18.0. The predicted octanol–water partition coefficient (Wildman–Crippen LogP) is 5.75. The molecule has 3 rings (SSSR count). The minimum absolute atomic E-state index is 0.287. The van der Waals surface area contributed by atoms with Crippen molar-refractivity contribution in [2.24, 2.45) is 0 Å². The fourth-order valence-electron chi connectivity index (χ4n) is 2.84. The highest BCUT2D eigenvalue weighted by molar-refractivity contribution is 9.10. The molecule has 0 saturated heterocycles. The molecule has 0 amide bonds. The molecule has 150 valence electrons. The summed E-state index contributed by atoms with van der Waals surface area (Å²) >= 11 is 3.34. The van der Waals surface area contributed by atoms with Crippen LogP contribution in [-0.4, -0.2) is 20.2 Å². The number of hydrogen-bond donors (Lipinski definition) is 0. The van der Waals surface area contributed by atoms with Crippen molar-refractivity contribution in [3.8, 4) is 23.3 Å². The van der Waals surface area contributed by atoms with E-state index in [2.05, 4.69) is 22.0 Å². The summed E-state index contributed by atoms with van der Waals surface area (Å²) in [6, 6.07) is 21.5. The van der Waals surface area contributed by atoms with Crippen molar-refractivity contribution in [2.75, 3.05) is 14.2 Å². The summed E-state index contributed by atoms with van der Waals surface area (Å²) in [5.41, 5.74) is 2.26. The lowest BCUT2D eigenvalue weighted by Gasteiger charge is -2.11. The van der Waals surface area contributed by atoms with E-state index in [0.717, 1.165) is 10.0 Å². The van der Waals surface area contributed by atoms with Gasteiger partial charge in [0.05, 0.1) is 31.4 Å². The van der Waals surface area contributed by atoms with Crippen LogP contribution in [0.1, 0.15) is 21.5 Å². The van der Waals surface area contributed by atoms with Crippen molar-refractivity contribution >= 4 is 33.5 Å². The van der Waals surface area contributed by atoms with Gasteiger partial charge in [-0.25, -0.2) is 4.79 Å². The number of nitriles is 1. The molecule has 0 saturated carbocycles. The first-order chi connectivity index (χ1) is 14.5. The lowest BCUT2D eigenvalue weighted by molar-refractivity contribution is 0.0729. The number of benzene rings is 3. The molecule has 0 spiro atoms. The monoisotopic (exact) mass is 463 g/mol. The number of ether oxygens (including phenoxy) is 3. The van der Waals surface area contributed by atoms with Crippen LogP contribution in [0.2, 0.25) is 0 Å². The Hall–Kier alpha value is -3.56. The predicted molar refractivity (Wildman–Crippen MR) is 119 cm³/mol. The van der Waals surface area contributed by atoms with Gasteiger partial charge in [-0.15, -0.1) is 0 Å². The molecule has 0 N–H and O–H groups in total. The molecule has 0 aromatic heterocycles. The minimum atomic E-state index is -0.496. The number of carbonyl (C=O) groups is 1. The number of hydrogen-bond acceptors (Lipinski definition) is 5. The van der Waals surface area contributed by atoms with Gasteiger partial charge in [-0.2, -0.15) is 5.26 Å². The first-order valence-electron chi connectivity index (χ1n) is 8.96. The van der Waals surface area contributed by atoms with E-state index in [1.54, 1.807) is 55.7 Å². The van der Waals surface area contributed by atoms with E-state index < -0.39 is 5.97 Å². The van der Waals surface area contributed by atoms with Crippen LogP contribution in [-0.2, 0) is 0 Å². The second kappa shape index (κ2) is 9.77. The van der Waals surface area contributed by atoms with Crippen LogP contribution < -0.4 is 14.2 Å². The van der Waals surface area contributed by atoms with Gasteiger partial charge >= 0.3 is 5.97 Å². The van der Waals surface area contributed by atoms with Crippen LogP contribution in [0.3, 0.4) is 0 Å². The molecule has 0 fully saturated rings. The SMILES string of the molecule is COc1cc(/C=C(/C#N)c2ccccc2OC)ccc1OC(=O)c1cccc(Br)c1. The third kappa shape index (κ3) is 4.88. The Labute approximate surface area is 183 Å².